The molecule has 1 unspecified atom stereocenters. The number of ether oxygens (including phenoxy) is 2. The number of nitrogens with two attached hydrogens (primary N) is 1. The van der Waals surface area contributed by atoms with Gasteiger partial charge >= 0.3 is 5.97 Å². The number of nitrogens with one attached hydrogen (secondary N) is 2. The molecular weight excluding hydrogens is 294 g/mol. The molecule has 1 aromatic heterocycles. The summed E-state index contributed by atoms with van der Waals surface area (Å²) in [6, 6.07) is 0.00833. The van der Waals surface area contributed by atoms with Gasteiger partial charge in [-0.2, -0.15) is 0 Å². The normalized spacial score (nSPS) is 11.8. The summed E-state index contributed by atoms with van der Waals surface area (Å²) in [5.41, 5.74) is 6.24. The molecule has 118 valence electrons. The van der Waals surface area contributed by atoms with Crippen molar-refractivity contribution >= 4 is 33.9 Å². The van der Waals surface area contributed by atoms with Gasteiger partial charge in [-0.1, -0.05) is 6.92 Å². The second-order valence-electron chi connectivity index (χ2n) is 4.32. The number of amides is 1. The van der Waals surface area contributed by atoms with Gasteiger partial charge < -0.3 is 25.8 Å². The smallest absolute Gasteiger partial charge is 0.343 e. The number of carbonyl (C=O) groups is 2. The van der Waals surface area contributed by atoms with Gasteiger partial charge in [-0.05, 0) is 6.42 Å². The fraction of sp³-hybridized carbons (Fsp3) is 0.538. The molecule has 0 saturated heterocycles. The van der Waals surface area contributed by atoms with E-state index in [2.05, 4.69) is 10.6 Å². The molecule has 0 aliphatic rings. The van der Waals surface area contributed by atoms with Crippen LogP contribution in [0.3, 0.4) is 0 Å². The van der Waals surface area contributed by atoms with Gasteiger partial charge in [0.15, 0.2) is 0 Å². The lowest BCUT2D eigenvalue weighted by molar-refractivity contribution is 0.0603. The van der Waals surface area contributed by atoms with Gasteiger partial charge in [-0.3, -0.25) is 4.79 Å². The molecule has 0 bridgehead atoms. The average Bonchev–Trinajstić information content (AvgIpc) is 2.81. The van der Waals surface area contributed by atoms with Gasteiger partial charge in [0.05, 0.1) is 19.4 Å². The predicted molar refractivity (Wildman–Crippen MR) is 83.0 cm³/mol. The number of hydrogen-bond donors (Lipinski definition) is 3. The minimum atomic E-state index is -0.575. The van der Waals surface area contributed by atoms with E-state index >= 15 is 0 Å². The van der Waals surface area contributed by atoms with E-state index in [1.54, 1.807) is 7.11 Å². The van der Waals surface area contributed by atoms with Gasteiger partial charge in [-0.15, -0.1) is 11.3 Å². The Morgan fingerprint density at radius 2 is 2.05 bits per heavy atom. The zero-order valence-corrected chi connectivity index (χ0v) is 13.4. The number of hydrogen-bond acceptors (Lipinski definition) is 7. The van der Waals surface area contributed by atoms with Crippen LogP contribution < -0.4 is 16.4 Å². The number of rotatable bonds is 7. The molecule has 1 aromatic rings. The number of esters is 1. The SMILES string of the molecule is CCC(COC)Nc1sc(C(=O)NC)c(N)c1C(=O)OC. The molecule has 21 heavy (non-hydrogen) atoms. The van der Waals surface area contributed by atoms with Crippen molar-refractivity contribution in [2.24, 2.45) is 0 Å². The Hall–Kier alpha value is -1.80. The number of anilines is 2. The highest BCUT2D eigenvalue weighted by Crippen LogP contribution is 2.36. The van der Waals surface area contributed by atoms with E-state index in [9.17, 15) is 9.59 Å². The van der Waals surface area contributed by atoms with Crippen LogP contribution in [0.25, 0.3) is 0 Å². The lowest BCUT2D eigenvalue weighted by Crippen LogP contribution is -2.24. The largest absolute Gasteiger partial charge is 0.465 e. The van der Waals surface area contributed by atoms with Crippen LogP contribution in [0.5, 0.6) is 0 Å². The van der Waals surface area contributed by atoms with Crippen LogP contribution >= 0.6 is 11.3 Å². The molecule has 1 atom stereocenters. The van der Waals surface area contributed by atoms with E-state index in [4.69, 9.17) is 15.2 Å². The van der Waals surface area contributed by atoms with Crippen molar-refractivity contribution in [1.29, 1.82) is 0 Å². The predicted octanol–water partition coefficient (Wildman–Crippen LogP) is 1.31. The fourth-order valence-corrected chi connectivity index (χ4v) is 2.91. The summed E-state index contributed by atoms with van der Waals surface area (Å²) in [6.45, 7) is 2.47. The molecule has 7 nitrogen and oxygen atoms in total. The molecule has 0 aliphatic carbocycles. The quantitative estimate of drug-likeness (QED) is 0.656. The number of carbonyl (C=O) groups excluding carboxylic acids is 2. The Morgan fingerprint density at radius 3 is 2.52 bits per heavy atom. The summed E-state index contributed by atoms with van der Waals surface area (Å²) >= 11 is 1.13. The fourth-order valence-electron chi connectivity index (χ4n) is 1.78. The highest BCUT2D eigenvalue weighted by Gasteiger charge is 2.26. The van der Waals surface area contributed by atoms with Crippen LogP contribution in [0.2, 0.25) is 0 Å². The van der Waals surface area contributed by atoms with E-state index in [-0.39, 0.29) is 28.1 Å². The maximum absolute atomic E-state index is 11.9. The Balaban J connectivity index is 3.22. The molecule has 0 radical (unpaired) electrons. The second-order valence-corrected chi connectivity index (χ2v) is 5.35. The Kier molecular flexibility index (Phi) is 6.44. The molecular formula is C13H21N3O4S. The van der Waals surface area contributed by atoms with Crippen LogP contribution in [-0.4, -0.2) is 45.8 Å². The molecule has 1 rings (SSSR count). The molecule has 0 aliphatic heterocycles. The van der Waals surface area contributed by atoms with Crippen LogP contribution in [-0.2, 0) is 9.47 Å². The highest BCUT2D eigenvalue weighted by atomic mass is 32.1. The van der Waals surface area contributed by atoms with Crippen LogP contribution in [0.1, 0.15) is 33.4 Å². The van der Waals surface area contributed by atoms with Crippen molar-refractivity contribution in [3.05, 3.63) is 10.4 Å². The topological polar surface area (TPSA) is 103 Å². The standard InChI is InChI=1S/C13H21N3O4S/c1-5-7(6-19-3)16-12-8(13(18)20-4)9(14)10(21-12)11(17)15-2/h7,16H,5-6,14H2,1-4H3,(H,15,17). The summed E-state index contributed by atoms with van der Waals surface area (Å²) in [6.07, 6.45) is 0.793. The zero-order chi connectivity index (χ0) is 16.0. The Bertz CT molecular complexity index is 516. The molecule has 0 saturated carbocycles. The summed E-state index contributed by atoms with van der Waals surface area (Å²) in [5, 5.41) is 6.20. The van der Waals surface area contributed by atoms with Gasteiger partial charge in [-0.25, -0.2) is 4.79 Å². The summed E-state index contributed by atoms with van der Waals surface area (Å²) in [5.74, 6) is -0.913. The van der Waals surface area contributed by atoms with Crippen molar-refractivity contribution < 1.29 is 19.1 Å². The van der Waals surface area contributed by atoms with E-state index < -0.39 is 5.97 Å². The second kappa shape index (κ2) is 7.84. The first-order valence-corrected chi connectivity index (χ1v) is 7.29. The van der Waals surface area contributed by atoms with Crippen LogP contribution in [0.15, 0.2) is 0 Å². The molecule has 0 spiro atoms. The summed E-state index contributed by atoms with van der Waals surface area (Å²) in [7, 11) is 4.38. The molecule has 4 N–H and O–H groups in total. The van der Waals surface area contributed by atoms with E-state index in [1.807, 2.05) is 6.92 Å². The molecule has 1 amide bonds. The monoisotopic (exact) mass is 315 g/mol. The third kappa shape index (κ3) is 3.85. The first-order valence-electron chi connectivity index (χ1n) is 6.48. The van der Waals surface area contributed by atoms with Gasteiger partial charge in [0, 0.05) is 20.2 Å². The molecule has 8 heteroatoms. The number of methoxy groups -OCH3 is 2. The highest BCUT2D eigenvalue weighted by molar-refractivity contribution is 7.19. The average molecular weight is 315 g/mol. The number of nitrogen functional groups attached to an aromatic ring is 1. The Morgan fingerprint density at radius 1 is 1.38 bits per heavy atom. The van der Waals surface area contributed by atoms with E-state index in [0.717, 1.165) is 17.8 Å². The molecule has 0 fully saturated rings. The van der Waals surface area contributed by atoms with Crippen molar-refractivity contribution in [2.45, 2.75) is 19.4 Å². The Labute approximate surface area is 127 Å². The first kappa shape index (κ1) is 17.3. The maximum Gasteiger partial charge on any atom is 0.343 e. The van der Waals surface area contributed by atoms with Gasteiger partial charge in [0.2, 0.25) is 0 Å². The summed E-state index contributed by atoms with van der Waals surface area (Å²) < 4.78 is 9.86. The van der Waals surface area contributed by atoms with Gasteiger partial charge in [0.1, 0.15) is 15.4 Å². The van der Waals surface area contributed by atoms with Crippen LogP contribution in [0, 0.1) is 0 Å². The maximum atomic E-state index is 11.9. The third-order valence-electron chi connectivity index (χ3n) is 2.96. The first-order chi connectivity index (χ1) is 9.99. The zero-order valence-electron chi connectivity index (χ0n) is 12.6. The van der Waals surface area contributed by atoms with Crippen molar-refractivity contribution in [3.63, 3.8) is 0 Å². The minimum absolute atomic E-state index is 0.00833. The lowest BCUT2D eigenvalue weighted by Gasteiger charge is -2.16. The number of thiophene rings is 1. The van der Waals surface area contributed by atoms with Crippen LogP contribution in [0.4, 0.5) is 10.7 Å². The van der Waals surface area contributed by atoms with E-state index in [1.165, 1.54) is 14.2 Å². The van der Waals surface area contributed by atoms with Gasteiger partial charge in [0.25, 0.3) is 5.91 Å². The van der Waals surface area contributed by atoms with Crippen molar-refractivity contribution in [2.75, 3.05) is 38.9 Å². The van der Waals surface area contributed by atoms with E-state index in [0.29, 0.717) is 11.6 Å². The summed E-state index contributed by atoms with van der Waals surface area (Å²) in [4.78, 5) is 24.0. The van der Waals surface area contributed by atoms with Crippen molar-refractivity contribution in [3.8, 4) is 0 Å². The lowest BCUT2D eigenvalue weighted by atomic mass is 10.2. The van der Waals surface area contributed by atoms with Crippen molar-refractivity contribution in [1.82, 2.24) is 5.32 Å². The molecule has 0 aromatic carbocycles. The third-order valence-corrected chi connectivity index (χ3v) is 4.10. The minimum Gasteiger partial charge on any atom is -0.465 e. The molecule has 1 heterocycles.